The average Bonchev–Trinajstić information content (AvgIpc) is 2.50. The summed E-state index contributed by atoms with van der Waals surface area (Å²) in [6, 6.07) is 12.6. The molecule has 0 bridgehead atoms. The second kappa shape index (κ2) is 8.37. The molecule has 1 N–H and O–H groups in total. The van der Waals surface area contributed by atoms with Gasteiger partial charge in [-0.25, -0.2) is 4.39 Å². The summed E-state index contributed by atoms with van der Waals surface area (Å²) >= 11 is 7.09. The number of carbonyl (C=O) groups excluding carboxylic acids is 1. The number of hydrogen-bond acceptors (Lipinski definition) is 2. The number of aryl methyl sites for hydroxylation is 1. The quantitative estimate of drug-likeness (QED) is 0.802. The van der Waals surface area contributed by atoms with Crippen LogP contribution in [0.4, 0.5) is 4.39 Å². The SMILES string of the molecule is Cc1ccc(C(C)NC(=O)CSCc2ccc(Cl)cc2F)cc1. The zero-order chi connectivity index (χ0) is 16.8. The molecule has 0 saturated carbocycles. The lowest BCUT2D eigenvalue weighted by Crippen LogP contribution is -2.28. The molecule has 2 aromatic rings. The number of hydrogen-bond donors (Lipinski definition) is 1. The Bertz CT molecular complexity index is 675. The Morgan fingerprint density at radius 1 is 1.26 bits per heavy atom. The van der Waals surface area contributed by atoms with E-state index in [-0.39, 0.29) is 23.5 Å². The Labute approximate surface area is 145 Å². The summed E-state index contributed by atoms with van der Waals surface area (Å²) in [6.45, 7) is 3.98. The van der Waals surface area contributed by atoms with E-state index < -0.39 is 0 Å². The van der Waals surface area contributed by atoms with Crippen molar-refractivity contribution in [3.8, 4) is 0 Å². The third-order valence-corrected chi connectivity index (χ3v) is 4.68. The van der Waals surface area contributed by atoms with Crippen LogP contribution >= 0.6 is 23.4 Å². The molecule has 1 atom stereocenters. The van der Waals surface area contributed by atoms with Crippen molar-refractivity contribution < 1.29 is 9.18 Å². The Morgan fingerprint density at radius 2 is 1.96 bits per heavy atom. The molecule has 0 aliphatic rings. The lowest BCUT2D eigenvalue weighted by Gasteiger charge is -2.14. The van der Waals surface area contributed by atoms with E-state index in [1.165, 1.54) is 23.4 Å². The van der Waals surface area contributed by atoms with Crippen molar-refractivity contribution >= 4 is 29.3 Å². The van der Waals surface area contributed by atoms with E-state index in [9.17, 15) is 9.18 Å². The van der Waals surface area contributed by atoms with Gasteiger partial charge in [-0.05, 0) is 37.1 Å². The fourth-order valence-corrected chi connectivity index (χ4v) is 3.10. The highest BCUT2D eigenvalue weighted by Crippen LogP contribution is 2.20. The number of thioether (sulfide) groups is 1. The first-order chi connectivity index (χ1) is 11.0. The van der Waals surface area contributed by atoms with Crippen LogP contribution in [-0.4, -0.2) is 11.7 Å². The maximum atomic E-state index is 13.6. The van der Waals surface area contributed by atoms with Crippen LogP contribution in [0.15, 0.2) is 42.5 Å². The van der Waals surface area contributed by atoms with Gasteiger partial charge in [-0.3, -0.25) is 4.79 Å². The predicted molar refractivity (Wildman–Crippen MR) is 95.3 cm³/mol. The summed E-state index contributed by atoms with van der Waals surface area (Å²) in [4.78, 5) is 12.0. The average molecular weight is 352 g/mol. The van der Waals surface area contributed by atoms with Gasteiger partial charge in [-0.15, -0.1) is 11.8 Å². The minimum absolute atomic E-state index is 0.0454. The molecule has 0 aromatic heterocycles. The predicted octanol–water partition coefficient (Wildman–Crippen LogP) is 4.90. The fourth-order valence-electron chi connectivity index (χ4n) is 2.11. The Morgan fingerprint density at radius 3 is 2.61 bits per heavy atom. The van der Waals surface area contributed by atoms with Crippen LogP contribution in [0.25, 0.3) is 0 Å². The zero-order valence-electron chi connectivity index (χ0n) is 13.1. The molecule has 122 valence electrons. The Balaban J connectivity index is 1.79. The largest absolute Gasteiger partial charge is 0.349 e. The van der Waals surface area contributed by atoms with Crippen molar-refractivity contribution in [3.05, 3.63) is 70.0 Å². The van der Waals surface area contributed by atoms with Gasteiger partial charge in [0.05, 0.1) is 11.8 Å². The van der Waals surface area contributed by atoms with Gasteiger partial charge in [0.15, 0.2) is 0 Å². The van der Waals surface area contributed by atoms with Crippen molar-refractivity contribution in [1.82, 2.24) is 5.32 Å². The van der Waals surface area contributed by atoms with Gasteiger partial charge in [-0.1, -0.05) is 47.5 Å². The van der Waals surface area contributed by atoms with Crippen molar-refractivity contribution in [2.24, 2.45) is 0 Å². The molecule has 0 fully saturated rings. The van der Waals surface area contributed by atoms with Crippen LogP contribution in [0.3, 0.4) is 0 Å². The second-order valence-electron chi connectivity index (χ2n) is 5.43. The Hall–Kier alpha value is -1.52. The van der Waals surface area contributed by atoms with Crippen LogP contribution in [0.1, 0.15) is 29.7 Å². The van der Waals surface area contributed by atoms with E-state index in [4.69, 9.17) is 11.6 Å². The van der Waals surface area contributed by atoms with E-state index in [0.717, 1.165) is 5.56 Å². The van der Waals surface area contributed by atoms with E-state index >= 15 is 0 Å². The van der Waals surface area contributed by atoms with Gasteiger partial charge in [0.1, 0.15) is 5.82 Å². The van der Waals surface area contributed by atoms with Gasteiger partial charge in [0.25, 0.3) is 0 Å². The molecule has 5 heteroatoms. The molecule has 0 aliphatic carbocycles. The van der Waals surface area contributed by atoms with Crippen molar-refractivity contribution in [3.63, 3.8) is 0 Å². The molecule has 2 rings (SSSR count). The van der Waals surface area contributed by atoms with Crippen LogP contribution in [0.2, 0.25) is 5.02 Å². The fraction of sp³-hybridized carbons (Fsp3) is 0.278. The lowest BCUT2D eigenvalue weighted by atomic mass is 10.1. The van der Waals surface area contributed by atoms with Crippen molar-refractivity contribution in [1.29, 1.82) is 0 Å². The molecule has 23 heavy (non-hydrogen) atoms. The minimum atomic E-state index is -0.335. The summed E-state index contributed by atoms with van der Waals surface area (Å²) in [5.74, 6) is 0.337. The highest BCUT2D eigenvalue weighted by atomic mass is 35.5. The molecule has 0 spiro atoms. The number of amides is 1. The van der Waals surface area contributed by atoms with Crippen LogP contribution in [0, 0.1) is 12.7 Å². The summed E-state index contributed by atoms with van der Waals surface area (Å²) in [5, 5.41) is 3.33. The van der Waals surface area contributed by atoms with Gasteiger partial charge in [0.2, 0.25) is 5.91 Å². The zero-order valence-corrected chi connectivity index (χ0v) is 14.7. The van der Waals surface area contributed by atoms with Gasteiger partial charge < -0.3 is 5.32 Å². The third-order valence-electron chi connectivity index (χ3n) is 3.46. The molecule has 0 aliphatic heterocycles. The first-order valence-electron chi connectivity index (χ1n) is 7.33. The maximum absolute atomic E-state index is 13.6. The van der Waals surface area contributed by atoms with Crippen LogP contribution < -0.4 is 5.32 Å². The summed E-state index contributed by atoms with van der Waals surface area (Å²) in [7, 11) is 0. The molecular weight excluding hydrogens is 333 g/mol. The molecule has 0 heterocycles. The molecular formula is C18H19ClFNOS. The number of halogens is 2. The first-order valence-corrected chi connectivity index (χ1v) is 8.86. The van der Waals surface area contributed by atoms with E-state index in [0.29, 0.717) is 16.3 Å². The lowest BCUT2D eigenvalue weighted by molar-refractivity contribution is -0.119. The first kappa shape index (κ1) is 17.8. The van der Waals surface area contributed by atoms with Crippen molar-refractivity contribution in [2.45, 2.75) is 25.6 Å². The molecule has 1 amide bonds. The minimum Gasteiger partial charge on any atom is -0.349 e. The van der Waals surface area contributed by atoms with Crippen LogP contribution in [0.5, 0.6) is 0 Å². The molecule has 2 aromatic carbocycles. The summed E-state index contributed by atoms with van der Waals surface area (Å²) in [6.07, 6.45) is 0. The normalized spacial score (nSPS) is 12.0. The van der Waals surface area contributed by atoms with Gasteiger partial charge >= 0.3 is 0 Å². The molecule has 2 nitrogen and oxygen atoms in total. The number of rotatable bonds is 6. The Kier molecular flexibility index (Phi) is 6.48. The third kappa shape index (κ3) is 5.56. The molecule has 0 saturated heterocycles. The highest BCUT2D eigenvalue weighted by Gasteiger charge is 2.10. The molecule has 1 unspecified atom stereocenters. The van der Waals surface area contributed by atoms with Crippen LogP contribution in [-0.2, 0) is 10.5 Å². The maximum Gasteiger partial charge on any atom is 0.230 e. The summed E-state index contributed by atoms with van der Waals surface area (Å²) < 4.78 is 13.6. The second-order valence-corrected chi connectivity index (χ2v) is 6.85. The van der Waals surface area contributed by atoms with E-state index in [1.807, 2.05) is 38.1 Å². The standard InChI is InChI=1S/C18H19ClFNOS/c1-12-3-5-14(6-4-12)13(2)21-18(22)11-23-10-15-7-8-16(19)9-17(15)20/h3-9,13H,10-11H2,1-2H3,(H,21,22). The smallest absolute Gasteiger partial charge is 0.230 e. The van der Waals surface area contributed by atoms with Gasteiger partial charge in [-0.2, -0.15) is 0 Å². The van der Waals surface area contributed by atoms with E-state index in [1.54, 1.807) is 12.1 Å². The number of benzene rings is 2. The number of nitrogens with one attached hydrogen (secondary N) is 1. The highest BCUT2D eigenvalue weighted by molar-refractivity contribution is 7.99. The number of carbonyl (C=O) groups is 1. The van der Waals surface area contributed by atoms with E-state index in [2.05, 4.69) is 5.32 Å². The van der Waals surface area contributed by atoms with Gasteiger partial charge in [0, 0.05) is 10.8 Å². The van der Waals surface area contributed by atoms with Crippen molar-refractivity contribution in [2.75, 3.05) is 5.75 Å². The molecule has 0 radical (unpaired) electrons. The topological polar surface area (TPSA) is 29.1 Å². The monoisotopic (exact) mass is 351 g/mol. The summed E-state index contributed by atoms with van der Waals surface area (Å²) in [5.41, 5.74) is 2.81.